The summed E-state index contributed by atoms with van der Waals surface area (Å²) in [6.07, 6.45) is 3.06. The van der Waals surface area contributed by atoms with Gasteiger partial charge in [-0.2, -0.15) is 0 Å². The first-order chi connectivity index (χ1) is 13.2. The standard InChI is InChI=1S/C18H25FN2O6S/c1-12-4-3-5-16(13(12)2)20-17(22)10-26-18(23)11-27-21-28(24,25)15-8-6-14(19)7-9-15/h6-9,12-13,16,21H,3-5,10-11H2,1-2H3,(H,20,22)/t12-,13-,16-/m1/s1. The van der Waals surface area contributed by atoms with Gasteiger partial charge in [-0.3, -0.25) is 9.63 Å². The molecule has 1 amide bonds. The molecule has 10 heteroatoms. The zero-order valence-corrected chi connectivity index (χ0v) is 16.6. The number of carbonyl (C=O) groups excluding carboxylic acids is 2. The SMILES string of the molecule is C[C@@H]1[C@H](C)CCC[C@H]1NC(=O)COC(=O)CONS(=O)(=O)c1ccc(F)cc1. The number of halogens is 1. The van der Waals surface area contributed by atoms with Crippen molar-refractivity contribution in [2.75, 3.05) is 13.2 Å². The van der Waals surface area contributed by atoms with E-state index in [1.54, 1.807) is 4.89 Å². The Morgan fingerprint density at radius 2 is 1.82 bits per heavy atom. The molecule has 0 unspecified atom stereocenters. The van der Waals surface area contributed by atoms with Crippen LogP contribution in [0.25, 0.3) is 0 Å². The molecule has 1 saturated carbocycles. The number of amides is 1. The Labute approximate surface area is 163 Å². The normalized spacial score (nSPS) is 22.5. The fourth-order valence-electron chi connectivity index (χ4n) is 3.05. The summed E-state index contributed by atoms with van der Waals surface area (Å²) in [6, 6.07) is 4.12. The van der Waals surface area contributed by atoms with Crippen LogP contribution in [0.2, 0.25) is 0 Å². The number of rotatable bonds is 8. The third-order valence-corrected chi connectivity index (χ3v) is 6.13. The van der Waals surface area contributed by atoms with Gasteiger partial charge < -0.3 is 10.1 Å². The molecule has 0 saturated heterocycles. The van der Waals surface area contributed by atoms with Gasteiger partial charge in [-0.05, 0) is 42.5 Å². The largest absolute Gasteiger partial charge is 0.454 e. The van der Waals surface area contributed by atoms with Crippen molar-refractivity contribution in [3.63, 3.8) is 0 Å². The summed E-state index contributed by atoms with van der Waals surface area (Å²) >= 11 is 0. The van der Waals surface area contributed by atoms with Crippen molar-refractivity contribution in [1.82, 2.24) is 10.2 Å². The predicted molar refractivity (Wildman–Crippen MR) is 97.7 cm³/mol. The number of carbonyl (C=O) groups is 2. The molecule has 8 nitrogen and oxygen atoms in total. The van der Waals surface area contributed by atoms with Gasteiger partial charge in [-0.1, -0.05) is 31.6 Å². The molecule has 0 bridgehead atoms. The molecule has 0 aliphatic heterocycles. The van der Waals surface area contributed by atoms with Crippen molar-refractivity contribution in [2.45, 2.75) is 44.0 Å². The van der Waals surface area contributed by atoms with Crippen molar-refractivity contribution in [3.8, 4) is 0 Å². The maximum absolute atomic E-state index is 12.8. The Bertz CT molecular complexity index is 784. The Morgan fingerprint density at radius 3 is 2.50 bits per heavy atom. The molecule has 0 spiro atoms. The van der Waals surface area contributed by atoms with Crippen molar-refractivity contribution in [2.24, 2.45) is 11.8 Å². The van der Waals surface area contributed by atoms with Gasteiger partial charge in [0.05, 0.1) is 4.90 Å². The van der Waals surface area contributed by atoms with Crippen molar-refractivity contribution < 1.29 is 32.0 Å². The molecule has 1 aliphatic carbocycles. The molecule has 0 radical (unpaired) electrons. The highest BCUT2D eigenvalue weighted by Crippen LogP contribution is 2.29. The van der Waals surface area contributed by atoms with Crippen LogP contribution >= 0.6 is 0 Å². The smallest absolute Gasteiger partial charge is 0.334 e. The van der Waals surface area contributed by atoms with Crippen LogP contribution in [0, 0.1) is 17.7 Å². The average Bonchev–Trinajstić information content (AvgIpc) is 2.64. The van der Waals surface area contributed by atoms with Gasteiger partial charge in [0.15, 0.2) is 13.2 Å². The second-order valence-corrected chi connectivity index (χ2v) is 8.58. The molecule has 0 heterocycles. The minimum atomic E-state index is -4.06. The number of benzene rings is 1. The number of hydrogen-bond donors (Lipinski definition) is 2. The minimum absolute atomic E-state index is 0.0497. The molecule has 1 aliphatic rings. The monoisotopic (exact) mass is 416 g/mol. The van der Waals surface area contributed by atoms with Crippen LogP contribution in [-0.4, -0.2) is 39.5 Å². The quantitative estimate of drug-likeness (QED) is 0.491. The molecule has 2 N–H and O–H groups in total. The zero-order valence-electron chi connectivity index (χ0n) is 15.8. The van der Waals surface area contributed by atoms with Crippen LogP contribution in [0.5, 0.6) is 0 Å². The molecule has 2 rings (SSSR count). The molecule has 1 aromatic carbocycles. The van der Waals surface area contributed by atoms with Gasteiger partial charge in [-0.15, -0.1) is 0 Å². The first kappa shape index (κ1) is 22.3. The highest BCUT2D eigenvalue weighted by atomic mass is 32.2. The summed E-state index contributed by atoms with van der Waals surface area (Å²) in [4.78, 5) is 29.7. The van der Waals surface area contributed by atoms with Crippen LogP contribution in [0.15, 0.2) is 29.2 Å². The van der Waals surface area contributed by atoms with E-state index < -0.39 is 40.9 Å². The topological polar surface area (TPSA) is 111 Å². The van der Waals surface area contributed by atoms with Crippen LogP contribution in [0.4, 0.5) is 4.39 Å². The fraction of sp³-hybridized carbons (Fsp3) is 0.556. The highest BCUT2D eigenvalue weighted by molar-refractivity contribution is 7.89. The van der Waals surface area contributed by atoms with E-state index in [1.807, 2.05) is 0 Å². The van der Waals surface area contributed by atoms with E-state index >= 15 is 0 Å². The van der Waals surface area contributed by atoms with Gasteiger partial charge in [-0.25, -0.2) is 17.6 Å². The number of hydrogen-bond acceptors (Lipinski definition) is 6. The lowest BCUT2D eigenvalue weighted by atomic mass is 9.78. The van der Waals surface area contributed by atoms with Crippen molar-refractivity contribution >= 4 is 21.9 Å². The van der Waals surface area contributed by atoms with Gasteiger partial charge >= 0.3 is 5.97 Å². The molecule has 0 aromatic heterocycles. The molecule has 156 valence electrons. The average molecular weight is 416 g/mol. The Kier molecular flexibility index (Phi) is 7.90. The third kappa shape index (κ3) is 6.54. The molecule has 1 aromatic rings. The van der Waals surface area contributed by atoms with Gasteiger partial charge in [0, 0.05) is 6.04 Å². The summed E-state index contributed by atoms with van der Waals surface area (Å²) in [6.45, 7) is 3.05. The first-order valence-electron chi connectivity index (χ1n) is 9.03. The summed E-state index contributed by atoms with van der Waals surface area (Å²) in [7, 11) is -4.06. The van der Waals surface area contributed by atoms with Crippen LogP contribution in [0.1, 0.15) is 33.1 Å². The second kappa shape index (κ2) is 9.94. The molecule has 1 fully saturated rings. The van der Waals surface area contributed by atoms with E-state index in [0.29, 0.717) is 11.8 Å². The lowest BCUT2D eigenvalue weighted by Gasteiger charge is -2.34. The minimum Gasteiger partial charge on any atom is -0.454 e. The van der Waals surface area contributed by atoms with Crippen LogP contribution < -0.4 is 10.2 Å². The number of nitrogens with one attached hydrogen (secondary N) is 2. The molecular weight excluding hydrogens is 391 g/mol. The fourth-order valence-corrected chi connectivity index (χ4v) is 3.85. The number of ether oxygens (including phenoxy) is 1. The molecule has 3 atom stereocenters. The van der Waals surface area contributed by atoms with E-state index in [1.165, 1.54) is 0 Å². The Morgan fingerprint density at radius 1 is 1.14 bits per heavy atom. The van der Waals surface area contributed by atoms with E-state index in [-0.39, 0.29) is 10.9 Å². The van der Waals surface area contributed by atoms with E-state index in [9.17, 15) is 22.4 Å². The first-order valence-corrected chi connectivity index (χ1v) is 10.5. The van der Waals surface area contributed by atoms with Gasteiger partial charge in [0.2, 0.25) is 0 Å². The second-order valence-electron chi connectivity index (χ2n) is 6.93. The van der Waals surface area contributed by atoms with Crippen LogP contribution in [0.3, 0.4) is 0 Å². The maximum Gasteiger partial charge on any atom is 0.334 e. The highest BCUT2D eigenvalue weighted by Gasteiger charge is 2.28. The summed E-state index contributed by atoms with van der Waals surface area (Å²) in [5, 5.41) is 2.86. The molecular formula is C18H25FN2O6S. The Balaban J connectivity index is 1.69. The van der Waals surface area contributed by atoms with E-state index in [4.69, 9.17) is 4.74 Å². The van der Waals surface area contributed by atoms with Crippen LogP contribution in [-0.2, 0) is 29.2 Å². The summed E-state index contributed by atoms with van der Waals surface area (Å²) in [5.74, 6) is -1.03. The van der Waals surface area contributed by atoms with Crippen molar-refractivity contribution in [3.05, 3.63) is 30.1 Å². The summed E-state index contributed by atoms with van der Waals surface area (Å²) < 4.78 is 41.4. The van der Waals surface area contributed by atoms with Gasteiger partial charge in [0.25, 0.3) is 15.9 Å². The zero-order chi connectivity index (χ0) is 20.7. The van der Waals surface area contributed by atoms with E-state index in [0.717, 1.165) is 43.5 Å². The van der Waals surface area contributed by atoms with Crippen molar-refractivity contribution in [1.29, 1.82) is 0 Å². The third-order valence-electron chi connectivity index (χ3n) is 4.90. The maximum atomic E-state index is 12.8. The number of sulfonamides is 1. The predicted octanol–water partition coefficient (Wildman–Crippen LogP) is 1.52. The Hall–Kier alpha value is -2.04. The van der Waals surface area contributed by atoms with Gasteiger partial charge in [0.1, 0.15) is 5.82 Å². The van der Waals surface area contributed by atoms with E-state index in [2.05, 4.69) is 24.0 Å². The lowest BCUT2D eigenvalue weighted by Crippen LogP contribution is -2.45. The summed E-state index contributed by atoms with van der Waals surface area (Å²) in [5.41, 5.74) is 0. The molecule has 28 heavy (non-hydrogen) atoms. The number of esters is 1. The lowest BCUT2D eigenvalue weighted by molar-refractivity contribution is -0.154.